The Bertz CT molecular complexity index is 1560. The molecule has 0 aliphatic carbocycles. The summed E-state index contributed by atoms with van der Waals surface area (Å²) in [7, 11) is 1.76. The van der Waals surface area contributed by atoms with Crippen molar-refractivity contribution in [2.45, 2.75) is 24.0 Å². The molecule has 0 bridgehead atoms. The number of carbonyl (C=O) groups excluding carboxylic acids is 2. The predicted molar refractivity (Wildman–Crippen MR) is 147 cm³/mol. The van der Waals surface area contributed by atoms with Gasteiger partial charge in [-0.15, -0.1) is 11.8 Å². The lowest BCUT2D eigenvalue weighted by Gasteiger charge is -2.12. The number of nitro benzene ring substituents is 1. The summed E-state index contributed by atoms with van der Waals surface area (Å²) in [5.74, 6) is -0.787. The fraction of sp³-hybridized carbons (Fsp3) is 0.148. The molecule has 1 unspecified atom stereocenters. The number of para-hydroxylation sites is 1. The van der Waals surface area contributed by atoms with E-state index < -0.39 is 16.1 Å². The number of nitrogens with one attached hydrogen (secondary N) is 2. The number of nitrogens with zero attached hydrogens (tertiary/aromatic N) is 3. The minimum Gasteiger partial charge on any atom is -0.322 e. The van der Waals surface area contributed by atoms with Crippen molar-refractivity contribution in [3.8, 4) is 5.69 Å². The first-order valence-electron chi connectivity index (χ1n) is 11.6. The zero-order valence-corrected chi connectivity index (χ0v) is 21.7. The van der Waals surface area contributed by atoms with Crippen molar-refractivity contribution in [2.24, 2.45) is 7.05 Å². The number of rotatable bonds is 8. The third-order valence-electron chi connectivity index (χ3n) is 5.92. The zero-order chi connectivity index (χ0) is 27.4. The standard InChI is InChI=1S/C27H25N5O5S/c1-17-24(27(35)31(30(17)3)21-9-5-4-6-10-21)29-25(33)18(2)38-23-14-12-20(13-15-23)28-26(34)19-8-7-11-22(16-19)32(36)37/h4-16,18H,1-3H3,(H,28,34)(H,29,33). The summed E-state index contributed by atoms with van der Waals surface area (Å²) in [5.41, 5.74) is 1.76. The lowest BCUT2D eigenvalue weighted by Crippen LogP contribution is -2.27. The fourth-order valence-electron chi connectivity index (χ4n) is 3.78. The lowest BCUT2D eigenvalue weighted by molar-refractivity contribution is -0.384. The molecule has 10 nitrogen and oxygen atoms in total. The highest BCUT2D eigenvalue weighted by molar-refractivity contribution is 8.00. The molecular formula is C27H25N5O5S. The number of aromatic nitrogens is 2. The van der Waals surface area contributed by atoms with Gasteiger partial charge in [0.05, 0.1) is 21.6 Å². The molecule has 1 heterocycles. The SMILES string of the molecule is Cc1c(NC(=O)C(C)Sc2ccc(NC(=O)c3cccc([N+](=O)[O-])c3)cc2)c(=O)n(-c2ccccc2)n1C. The van der Waals surface area contributed by atoms with Gasteiger partial charge >= 0.3 is 0 Å². The van der Waals surface area contributed by atoms with Crippen molar-refractivity contribution in [1.82, 2.24) is 9.36 Å². The molecule has 0 aliphatic rings. The van der Waals surface area contributed by atoms with Crippen molar-refractivity contribution in [3.63, 3.8) is 0 Å². The van der Waals surface area contributed by atoms with Crippen LogP contribution in [0.4, 0.5) is 17.1 Å². The molecule has 1 aromatic heterocycles. The summed E-state index contributed by atoms with van der Waals surface area (Å²) in [5, 5.41) is 15.9. The molecule has 2 amide bonds. The Balaban J connectivity index is 1.40. The van der Waals surface area contributed by atoms with Crippen molar-refractivity contribution < 1.29 is 14.5 Å². The van der Waals surface area contributed by atoms with Gasteiger partial charge in [0.1, 0.15) is 5.69 Å². The number of anilines is 2. The predicted octanol–water partition coefficient (Wildman–Crippen LogP) is 4.76. The summed E-state index contributed by atoms with van der Waals surface area (Å²) < 4.78 is 3.20. The average molecular weight is 532 g/mol. The molecule has 4 aromatic rings. The van der Waals surface area contributed by atoms with E-state index in [0.29, 0.717) is 17.1 Å². The van der Waals surface area contributed by atoms with Gasteiger partial charge in [-0.1, -0.05) is 24.3 Å². The van der Waals surface area contributed by atoms with Crippen molar-refractivity contribution >= 4 is 40.6 Å². The Morgan fingerprint density at radius 3 is 2.32 bits per heavy atom. The van der Waals surface area contributed by atoms with Crippen LogP contribution >= 0.6 is 11.8 Å². The van der Waals surface area contributed by atoms with Crippen LogP contribution in [0.15, 0.2) is 88.6 Å². The molecule has 0 radical (unpaired) electrons. The van der Waals surface area contributed by atoms with E-state index in [4.69, 9.17) is 0 Å². The first-order chi connectivity index (χ1) is 18.2. The van der Waals surface area contributed by atoms with Gasteiger partial charge in [0.25, 0.3) is 17.2 Å². The minimum atomic E-state index is -0.557. The number of hydrogen-bond donors (Lipinski definition) is 2. The summed E-state index contributed by atoms with van der Waals surface area (Å²) in [6.45, 7) is 3.51. The molecule has 0 saturated heterocycles. The van der Waals surface area contributed by atoms with Crippen molar-refractivity contribution in [3.05, 3.63) is 111 Å². The molecule has 3 aromatic carbocycles. The van der Waals surface area contributed by atoms with Crippen LogP contribution < -0.4 is 16.2 Å². The van der Waals surface area contributed by atoms with Crippen LogP contribution in [0.5, 0.6) is 0 Å². The number of nitro groups is 1. The molecule has 2 N–H and O–H groups in total. The normalized spacial score (nSPS) is 11.6. The van der Waals surface area contributed by atoms with Crippen LogP contribution in [0.2, 0.25) is 0 Å². The highest BCUT2D eigenvalue weighted by Gasteiger charge is 2.21. The summed E-state index contributed by atoms with van der Waals surface area (Å²) >= 11 is 1.30. The molecular weight excluding hydrogens is 506 g/mol. The summed E-state index contributed by atoms with van der Waals surface area (Å²) in [6.07, 6.45) is 0. The summed E-state index contributed by atoms with van der Waals surface area (Å²) in [6, 6.07) is 21.5. The van der Waals surface area contributed by atoms with Crippen molar-refractivity contribution in [2.75, 3.05) is 10.6 Å². The molecule has 4 rings (SSSR count). The van der Waals surface area contributed by atoms with E-state index in [0.717, 1.165) is 4.90 Å². The minimum absolute atomic E-state index is 0.165. The number of carbonyl (C=O) groups is 2. The highest BCUT2D eigenvalue weighted by atomic mass is 32.2. The van der Waals surface area contributed by atoms with E-state index in [-0.39, 0.29) is 28.4 Å². The number of amides is 2. The van der Waals surface area contributed by atoms with E-state index in [1.165, 1.54) is 40.7 Å². The van der Waals surface area contributed by atoms with Gasteiger partial charge in [-0.25, -0.2) is 4.68 Å². The first kappa shape index (κ1) is 26.4. The molecule has 11 heteroatoms. The first-order valence-corrected chi connectivity index (χ1v) is 12.5. The third-order valence-corrected chi connectivity index (χ3v) is 7.03. The van der Waals surface area contributed by atoms with Crippen LogP contribution in [0, 0.1) is 17.0 Å². The quantitative estimate of drug-likeness (QED) is 0.192. The topological polar surface area (TPSA) is 128 Å². The van der Waals surface area contributed by atoms with Gasteiger partial charge < -0.3 is 10.6 Å². The second-order valence-corrected chi connectivity index (χ2v) is 9.89. The number of non-ortho nitro benzene ring substituents is 1. The lowest BCUT2D eigenvalue weighted by atomic mass is 10.2. The van der Waals surface area contributed by atoms with Gasteiger partial charge in [-0.2, -0.15) is 0 Å². The van der Waals surface area contributed by atoms with E-state index in [2.05, 4.69) is 10.6 Å². The second kappa shape index (κ2) is 11.2. The fourth-order valence-corrected chi connectivity index (χ4v) is 4.64. The van der Waals surface area contributed by atoms with E-state index in [1.54, 1.807) is 49.8 Å². The van der Waals surface area contributed by atoms with Gasteiger partial charge in [-0.05, 0) is 56.3 Å². The van der Waals surface area contributed by atoms with E-state index in [9.17, 15) is 24.5 Å². The monoisotopic (exact) mass is 531 g/mol. The number of benzene rings is 3. The van der Waals surface area contributed by atoms with Gasteiger partial charge in [-0.3, -0.25) is 29.2 Å². The molecule has 194 valence electrons. The largest absolute Gasteiger partial charge is 0.322 e. The van der Waals surface area contributed by atoms with Crippen LogP contribution in [0.1, 0.15) is 23.0 Å². The Hall–Kier alpha value is -4.64. The maximum absolute atomic E-state index is 13.1. The Labute approximate surface area is 222 Å². The highest BCUT2D eigenvalue weighted by Crippen LogP contribution is 2.26. The number of hydrogen-bond acceptors (Lipinski definition) is 6. The van der Waals surface area contributed by atoms with Crippen LogP contribution in [-0.4, -0.2) is 31.4 Å². The smallest absolute Gasteiger partial charge is 0.295 e. The molecule has 0 aliphatic heterocycles. The number of thioether (sulfide) groups is 1. The molecule has 1 atom stereocenters. The molecule has 0 saturated carbocycles. The van der Waals surface area contributed by atoms with E-state index in [1.807, 2.05) is 30.3 Å². The Kier molecular flexibility index (Phi) is 7.77. The maximum Gasteiger partial charge on any atom is 0.295 e. The van der Waals surface area contributed by atoms with Gasteiger partial charge in [0.2, 0.25) is 5.91 Å². The molecule has 0 spiro atoms. The Morgan fingerprint density at radius 2 is 1.66 bits per heavy atom. The summed E-state index contributed by atoms with van der Waals surface area (Å²) in [4.78, 5) is 49.6. The molecule has 38 heavy (non-hydrogen) atoms. The molecule has 0 fully saturated rings. The van der Waals surface area contributed by atoms with Crippen LogP contribution in [0.25, 0.3) is 5.69 Å². The van der Waals surface area contributed by atoms with Crippen LogP contribution in [-0.2, 0) is 11.8 Å². The zero-order valence-electron chi connectivity index (χ0n) is 20.9. The average Bonchev–Trinajstić information content (AvgIpc) is 3.13. The van der Waals surface area contributed by atoms with E-state index >= 15 is 0 Å². The van der Waals surface area contributed by atoms with Crippen molar-refractivity contribution in [1.29, 1.82) is 0 Å². The second-order valence-electron chi connectivity index (χ2n) is 8.47. The Morgan fingerprint density at radius 1 is 0.974 bits per heavy atom. The van der Waals surface area contributed by atoms with Gasteiger partial charge in [0, 0.05) is 35.3 Å². The van der Waals surface area contributed by atoms with Crippen LogP contribution in [0.3, 0.4) is 0 Å². The van der Waals surface area contributed by atoms with Gasteiger partial charge in [0.15, 0.2) is 0 Å². The third kappa shape index (κ3) is 5.68. The maximum atomic E-state index is 13.1.